The average Bonchev–Trinajstić information content (AvgIpc) is 2.58. The molecule has 3 nitrogen and oxygen atoms in total. The second-order valence-electron chi connectivity index (χ2n) is 6.13. The first-order valence-corrected chi connectivity index (χ1v) is 8.49. The highest BCUT2D eigenvalue weighted by atomic mass is 19.4. The number of hydrogen-bond acceptors (Lipinski definition) is 2. The zero-order valence-corrected chi connectivity index (χ0v) is 13.9. The van der Waals surface area contributed by atoms with Gasteiger partial charge in [-0.3, -0.25) is 4.79 Å². The van der Waals surface area contributed by atoms with Crippen LogP contribution in [0.25, 0.3) is 0 Å². The minimum absolute atomic E-state index is 0.0126. The van der Waals surface area contributed by atoms with E-state index in [2.05, 4.69) is 0 Å². The lowest BCUT2D eigenvalue weighted by Crippen LogP contribution is -2.51. The predicted molar refractivity (Wildman–Crippen MR) is 86.0 cm³/mol. The minimum Gasteiger partial charge on any atom is -0.494 e. The van der Waals surface area contributed by atoms with Crippen molar-refractivity contribution in [2.45, 2.75) is 57.7 Å². The molecule has 1 fully saturated rings. The third-order valence-electron chi connectivity index (χ3n) is 4.22. The van der Waals surface area contributed by atoms with E-state index in [4.69, 9.17) is 4.74 Å². The summed E-state index contributed by atoms with van der Waals surface area (Å²) in [6, 6.07) is 5.75. The fourth-order valence-electron chi connectivity index (χ4n) is 2.94. The molecule has 1 aliphatic heterocycles. The maximum Gasteiger partial charge on any atom is 0.408 e. The largest absolute Gasteiger partial charge is 0.494 e. The summed E-state index contributed by atoms with van der Waals surface area (Å²) in [7, 11) is 0. The molecule has 1 aliphatic rings. The Kier molecular flexibility index (Phi) is 6.52. The molecule has 1 aromatic carbocycles. The number of halogens is 3. The van der Waals surface area contributed by atoms with Crippen molar-refractivity contribution < 1.29 is 22.7 Å². The Labute approximate surface area is 140 Å². The van der Waals surface area contributed by atoms with Gasteiger partial charge in [0.2, 0.25) is 5.91 Å². The fraction of sp³-hybridized carbons (Fsp3) is 0.611. The molecule has 24 heavy (non-hydrogen) atoms. The Morgan fingerprint density at radius 1 is 1.25 bits per heavy atom. The van der Waals surface area contributed by atoms with E-state index in [1.165, 1.54) is 0 Å². The summed E-state index contributed by atoms with van der Waals surface area (Å²) in [5.74, 6) is 0.350. The second kappa shape index (κ2) is 8.40. The first kappa shape index (κ1) is 18.6. The molecule has 1 unspecified atom stereocenters. The summed E-state index contributed by atoms with van der Waals surface area (Å²) in [6.45, 7) is 2.87. The number of aryl methyl sites for hydroxylation is 1. The van der Waals surface area contributed by atoms with Crippen LogP contribution in [-0.4, -0.2) is 36.2 Å². The van der Waals surface area contributed by atoms with Gasteiger partial charge in [-0.25, -0.2) is 0 Å². The number of carbonyl (C=O) groups is 1. The highest BCUT2D eigenvalue weighted by molar-refractivity contribution is 5.77. The van der Waals surface area contributed by atoms with Gasteiger partial charge in [-0.2, -0.15) is 13.2 Å². The molecule has 1 aromatic rings. The molecular formula is C18H24F3NO2. The number of hydrogen-bond donors (Lipinski definition) is 0. The number of piperidine rings is 1. The topological polar surface area (TPSA) is 29.5 Å². The predicted octanol–water partition coefficient (Wildman–Crippen LogP) is 4.35. The van der Waals surface area contributed by atoms with E-state index in [9.17, 15) is 18.0 Å². The van der Waals surface area contributed by atoms with Crippen molar-refractivity contribution in [3.05, 3.63) is 29.8 Å². The number of amides is 1. The first-order valence-electron chi connectivity index (χ1n) is 8.49. The number of ether oxygens (including phenoxy) is 1. The van der Waals surface area contributed by atoms with Gasteiger partial charge < -0.3 is 9.64 Å². The molecule has 1 amide bonds. The molecule has 0 bridgehead atoms. The smallest absolute Gasteiger partial charge is 0.408 e. The summed E-state index contributed by atoms with van der Waals surface area (Å²) < 4.78 is 44.6. The Bertz CT molecular complexity index is 528. The van der Waals surface area contributed by atoms with Crippen molar-refractivity contribution in [2.24, 2.45) is 0 Å². The maximum absolute atomic E-state index is 13.1. The van der Waals surface area contributed by atoms with Crippen LogP contribution in [0.1, 0.15) is 44.6 Å². The van der Waals surface area contributed by atoms with Crippen LogP contribution in [0.5, 0.6) is 5.75 Å². The quantitative estimate of drug-likeness (QED) is 0.768. The Balaban J connectivity index is 1.89. The molecule has 0 saturated carbocycles. The molecular weight excluding hydrogens is 319 g/mol. The fourth-order valence-corrected chi connectivity index (χ4v) is 2.94. The van der Waals surface area contributed by atoms with Gasteiger partial charge in [0.25, 0.3) is 0 Å². The van der Waals surface area contributed by atoms with Gasteiger partial charge in [-0.15, -0.1) is 0 Å². The highest BCUT2D eigenvalue weighted by Crippen LogP contribution is 2.32. The summed E-state index contributed by atoms with van der Waals surface area (Å²) in [5.41, 5.74) is 0.924. The van der Waals surface area contributed by atoms with E-state index in [1.54, 1.807) is 0 Å². The van der Waals surface area contributed by atoms with Crippen molar-refractivity contribution in [3.8, 4) is 5.75 Å². The van der Waals surface area contributed by atoms with Crippen LogP contribution < -0.4 is 4.74 Å². The molecule has 1 heterocycles. The van der Waals surface area contributed by atoms with Gasteiger partial charge in [-0.05, 0) is 49.8 Å². The molecule has 0 N–H and O–H groups in total. The molecule has 0 spiro atoms. The minimum atomic E-state index is -4.34. The zero-order chi connectivity index (χ0) is 17.6. The van der Waals surface area contributed by atoms with Gasteiger partial charge in [0, 0.05) is 13.0 Å². The number of rotatable bonds is 6. The van der Waals surface area contributed by atoms with E-state index >= 15 is 0 Å². The molecule has 134 valence electrons. The molecule has 0 aromatic heterocycles. The lowest BCUT2D eigenvalue weighted by Gasteiger charge is -2.36. The number of likely N-dealkylation sites (tertiary alicyclic amines) is 1. The molecule has 2 rings (SSSR count). The SMILES string of the molecule is CCCOc1ccc(CCC(=O)N2CCCCC2C(F)(F)F)cc1. The second-order valence-corrected chi connectivity index (χ2v) is 6.13. The van der Waals surface area contributed by atoms with Crippen LogP contribution in [0.4, 0.5) is 13.2 Å². The molecule has 1 saturated heterocycles. The van der Waals surface area contributed by atoms with Crippen LogP contribution in [-0.2, 0) is 11.2 Å². The molecule has 0 radical (unpaired) electrons. The molecule has 0 aliphatic carbocycles. The van der Waals surface area contributed by atoms with E-state index in [0.717, 1.165) is 22.6 Å². The monoisotopic (exact) mass is 343 g/mol. The van der Waals surface area contributed by atoms with Gasteiger partial charge in [-0.1, -0.05) is 19.1 Å². The third-order valence-corrected chi connectivity index (χ3v) is 4.22. The summed E-state index contributed by atoms with van der Waals surface area (Å²) in [4.78, 5) is 13.3. The number of carbonyl (C=O) groups excluding carboxylic acids is 1. The van der Waals surface area contributed by atoms with Gasteiger partial charge in [0.1, 0.15) is 11.8 Å². The maximum atomic E-state index is 13.1. The van der Waals surface area contributed by atoms with E-state index < -0.39 is 18.1 Å². The van der Waals surface area contributed by atoms with Crippen molar-refractivity contribution in [1.29, 1.82) is 0 Å². The molecule has 1 atom stereocenters. The van der Waals surface area contributed by atoms with Crippen LogP contribution >= 0.6 is 0 Å². The zero-order valence-electron chi connectivity index (χ0n) is 13.9. The normalized spacial score (nSPS) is 18.5. The van der Waals surface area contributed by atoms with E-state index in [0.29, 0.717) is 25.9 Å². The Hall–Kier alpha value is -1.72. The van der Waals surface area contributed by atoms with E-state index in [-0.39, 0.29) is 19.4 Å². The lowest BCUT2D eigenvalue weighted by molar-refractivity contribution is -0.195. The van der Waals surface area contributed by atoms with Gasteiger partial charge >= 0.3 is 6.18 Å². The Morgan fingerprint density at radius 3 is 2.58 bits per heavy atom. The van der Waals surface area contributed by atoms with Crippen molar-refractivity contribution in [1.82, 2.24) is 4.90 Å². The number of benzene rings is 1. The first-order chi connectivity index (χ1) is 11.4. The summed E-state index contributed by atoms with van der Waals surface area (Å²) in [5, 5.41) is 0. The van der Waals surface area contributed by atoms with Crippen molar-refractivity contribution in [3.63, 3.8) is 0 Å². The highest BCUT2D eigenvalue weighted by Gasteiger charge is 2.45. The van der Waals surface area contributed by atoms with Gasteiger partial charge in [0.15, 0.2) is 0 Å². The van der Waals surface area contributed by atoms with Crippen LogP contribution in [0.15, 0.2) is 24.3 Å². The average molecular weight is 343 g/mol. The third kappa shape index (κ3) is 5.14. The van der Waals surface area contributed by atoms with E-state index in [1.807, 2.05) is 31.2 Å². The molecule has 6 heteroatoms. The Morgan fingerprint density at radius 2 is 1.96 bits per heavy atom. The van der Waals surface area contributed by atoms with Crippen LogP contribution in [0.3, 0.4) is 0 Å². The van der Waals surface area contributed by atoms with Gasteiger partial charge in [0.05, 0.1) is 6.61 Å². The lowest BCUT2D eigenvalue weighted by atomic mass is 10.0. The number of nitrogens with zero attached hydrogens (tertiary/aromatic N) is 1. The van der Waals surface area contributed by atoms with Crippen molar-refractivity contribution >= 4 is 5.91 Å². The van der Waals surface area contributed by atoms with Crippen molar-refractivity contribution in [2.75, 3.05) is 13.2 Å². The summed E-state index contributed by atoms with van der Waals surface area (Å²) in [6.07, 6.45) is -1.70. The standard InChI is InChI=1S/C18H24F3NO2/c1-2-13-24-15-9-6-14(7-10-15)8-11-17(23)22-12-4-3-5-16(22)18(19,20)21/h6-7,9-10,16H,2-5,8,11-13H2,1H3. The van der Waals surface area contributed by atoms with Crippen LogP contribution in [0.2, 0.25) is 0 Å². The summed E-state index contributed by atoms with van der Waals surface area (Å²) >= 11 is 0. The number of alkyl halides is 3. The van der Waals surface area contributed by atoms with Crippen LogP contribution in [0, 0.1) is 0 Å².